The van der Waals surface area contributed by atoms with E-state index in [9.17, 15) is 13.2 Å². The van der Waals surface area contributed by atoms with Crippen LogP contribution < -0.4 is 0 Å². The number of halogens is 4. The molecule has 5 heteroatoms. The zero-order valence-electron chi connectivity index (χ0n) is 6.65. The van der Waals surface area contributed by atoms with Gasteiger partial charge in [0.2, 0.25) is 0 Å². The Morgan fingerprint density at radius 1 is 1.31 bits per heavy atom. The van der Waals surface area contributed by atoms with E-state index in [0.717, 1.165) is 5.56 Å². The highest BCUT2D eigenvalue weighted by Crippen LogP contribution is 2.40. The van der Waals surface area contributed by atoms with E-state index in [-0.39, 0.29) is 16.7 Å². The van der Waals surface area contributed by atoms with Crippen molar-refractivity contribution in [2.75, 3.05) is 0 Å². The molecule has 13 heavy (non-hydrogen) atoms. The van der Waals surface area contributed by atoms with Gasteiger partial charge in [0, 0.05) is 9.37 Å². The predicted molar refractivity (Wildman–Crippen MR) is 50.8 cm³/mol. The molecule has 0 N–H and O–H groups in total. The molecule has 1 rings (SSSR count). The van der Waals surface area contributed by atoms with E-state index in [0.29, 0.717) is 4.47 Å². The lowest BCUT2D eigenvalue weighted by Crippen LogP contribution is -1.99. The zero-order chi connectivity index (χ0) is 10.1. The van der Waals surface area contributed by atoms with Gasteiger partial charge < -0.3 is 0 Å². The van der Waals surface area contributed by atoms with Gasteiger partial charge in [-0.3, -0.25) is 0 Å². The second-order valence-corrected chi connectivity index (χ2v) is 4.44. The maximum atomic E-state index is 12.0. The van der Waals surface area contributed by atoms with Gasteiger partial charge in [-0.05, 0) is 52.3 Å². The van der Waals surface area contributed by atoms with Crippen molar-refractivity contribution in [2.24, 2.45) is 0 Å². The molecule has 0 atom stereocenters. The third-order valence-electron chi connectivity index (χ3n) is 1.31. The van der Waals surface area contributed by atoms with Crippen molar-refractivity contribution in [3.63, 3.8) is 0 Å². The third-order valence-corrected chi connectivity index (χ3v) is 3.04. The van der Waals surface area contributed by atoms with Crippen LogP contribution in [0.1, 0.15) is 5.56 Å². The zero-order valence-corrected chi connectivity index (χ0v) is 9.05. The van der Waals surface area contributed by atoms with Crippen molar-refractivity contribution in [3.8, 4) is 0 Å². The highest BCUT2D eigenvalue weighted by Gasteiger charge is 2.29. The van der Waals surface area contributed by atoms with Crippen molar-refractivity contribution < 1.29 is 13.2 Å². The molecule has 0 amide bonds. The van der Waals surface area contributed by atoms with Crippen LogP contribution in [-0.4, -0.2) is 5.51 Å². The average Bonchev–Trinajstić information content (AvgIpc) is 1.93. The summed E-state index contributed by atoms with van der Waals surface area (Å²) in [6.45, 7) is 1.83. The minimum absolute atomic E-state index is 0.111. The molecule has 0 unspecified atom stereocenters. The summed E-state index contributed by atoms with van der Waals surface area (Å²) in [6.07, 6.45) is 0. The first-order valence-electron chi connectivity index (χ1n) is 3.40. The highest BCUT2D eigenvalue weighted by atomic mass is 79.9. The van der Waals surface area contributed by atoms with Crippen molar-refractivity contribution in [1.82, 2.24) is 0 Å². The van der Waals surface area contributed by atoms with Crippen LogP contribution in [0.25, 0.3) is 0 Å². The van der Waals surface area contributed by atoms with Crippen LogP contribution in [-0.2, 0) is 0 Å². The molecule has 1 aromatic rings. The Labute approximate surface area is 86.6 Å². The maximum absolute atomic E-state index is 12.0. The smallest absolute Gasteiger partial charge is 0.160 e. The van der Waals surface area contributed by atoms with Crippen LogP contribution in [0.15, 0.2) is 27.6 Å². The Hall–Kier alpha value is -0.160. The first-order chi connectivity index (χ1) is 5.88. The van der Waals surface area contributed by atoms with Gasteiger partial charge in [-0.15, -0.1) is 0 Å². The second-order valence-electron chi connectivity index (χ2n) is 2.48. The first kappa shape index (κ1) is 10.9. The molecule has 0 nitrogen and oxygen atoms in total. The minimum atomic E-state index is -4.22. The Balaban J connectivity index is 2.90. The fraction of sp³-hybridized carbons (Fsp3) is 0.250. The number of alkyl halides is 3. The quantitative estimate of drug-likeness (QED) is 0.683. The monoisotopic (exact) mass is 270 g/mol. The van der Waals surface area contributed by atoms with Gasteiger partial charge in [0.15, 0.2) is 0 Å². The number of aryl methyl sites for hydroxylation is 1. The van der Waals surface area contributed by atoms with Crippen LogP contribution in [0, 0.1) is 6.92 Å². The van der Waals surface area contributed by atoms with Gasteiger partial charge in [0.1, 0.15) is 0 Å². The summed E-state index contributed by atoms with van der Waals surface area (Å²) in [4.78, 5) is 0.193. The molecule has 0 saturated carbocycles. The molecule has 0 saturated heterocycles. The maximum Gasteiger partial charge on any atom is 0.446 e. The lowest BCUT2D eigenvalue weighted by atomic mass is 10.2. The molecule has 0 radical (unpaired) electrons. The van der Waals surface area contributed by atoms with Crippen molar-refractivity contribution in [2.45, 2.75) is 17.3 Å². The fourth-order valence-corrected chi connectivity index (χ4v) is 2.09. The summed E-state index contributed by atoms with van der Waals surface area (Å²) in [5.74, 6) is 0. The van der Waals surface area contributed by atoms with E-state index in [1.807, 2.05) is 6.92 Å². The summed E-state index contributed by atoms with van der Waals surface area (Å²) in [6, 6.07) is 4.77. The van der Waals surface area contributed by atoms with Crippen molar-refractivity contribution in [1.29, 1.82) is 0 Å². The molecule has 0 aliphatic rings. The number of hydrogen-bond acceptors (Lipinski definition) is 1. The van der Waals surface area contributed by atoms with E-state index >= 15 is 0 Å². The SMILES string of the molecule is Cc1ccc(SC(F)(F)F)c(Br)c1. The van der Waals surface area contributed by atoms with Gasteiger partial charge in [-0.1, -0.05) is 6.07 Å². The average molecular weight is 271 g/mol. The lowest BCUT2D eigenvalue weighted by Gasteiger charge is -2.07. The molecule has 0 aliphatic heterocycles. The van der Waals surface area contributed by atoms with E-state index in [1.165, 1.54) is 6.07 Å². The number of rotatable bonds is 1. The van der Waals surface area contributed by atoms with E-state index in [2.05, 4.69) is 15.9 Å². The molecule has 0 spiro atoms. The Morgan fingerprint density at radius 3 is 2.38 bits per heavy atom. The summed E-state index contributed by atoms with van der Waals surface area (Å²) >= 11 is 2.97. The van der Waals surface area contributed by atoms with E-state index < -0.39 is 5.51 Å². The predicted octanol–water partition coefficient (Wildman–Crippen LogP) is 4.37. The number of thioether (sulfide) groups is 1. The largest absolute Gasteiger partial charge is 0.446 e. The van der Waals surface area contributed by atoms with Gasteiger partial charge in [-0.25, -0.2) is 0 Å². The topological polar surface area (TPSA) is 0 Å². The van der Waals surface area contributed by atoms with Crippen LogP contribution in [0.3, 0.4) is 0 Å². The Kier molecular flexibility index (Phi) is 3.29. The van der Waals surface area contributed by atoms with E-state index in [1.54, 1.807) is 12.1 Å². The van der Waals surface area contributed by atoms with Gasteiger partial charge in [-0.2, -0.15) is 13.2 Å². The molecular formula is C8H6BrF3S. The van der Waals surface area contributed by atoms with Gasteiger partial charge >= 0.3 is 5.51 Å². The van der Waals surface area contributed by atoms with Crippen molar-refractivity contribution >= 4 is 27.7 Å². The highest BCUT2D eigenvalue weighted by molar-refractivity contribution is 9.10. The fourth-order valence-electron chi connectivity index (χ4n) is 0.813. The molecule has 0 bridgehead atoms. The molecular weight excluding hydrogens is 265 g/mol. The van der Waals surface area contributed by atoms with Crippen LogP contribution in [0.2, 0.25) is 0 Å². The standard InChI is InChI=1S/C8H6BrF3S/c1-5-2-3-7(6(9)4-5)13-8(10,11)12/h2-4H,1H3. The van der Waals surface area contributed by atoms with E-state index in [4.69, 9.17) is 0 Å². The summed E-state index contributed by atoms with van der Waals surface area (Å²) in [5.41, 5.74) is -3.30. The van der Waals surface area contributed by atoms with Crippen LogP contribution in [0.5, 0.6) is 0 Å². The van der Waals surface area contributed by atoms with Crippen LogP contribution >= 0.6 is 27.7 Å². The normalized spacial score (nSPS) is 11.8. The Bertz CT molecular complexity index is 309. The molecule has 72 valence electrons. The van der Waals surface area contributed by atoms with Crippen molar-refractivity contribution in [3.05, 3.63) is 28.2 Å². The number of benzene rings is 1. The second kappa shape index (κ2) is 3.92. The van der Waals surface area contributed by atoms with Gasteiger partial charge in [0.25, 0.3) is 0 Å². The summed E-state index contributed by atoms with van der Waals surface area (Å²) in [5, 5.41) is 0. The lowest BCUT2D eigenvalue weighted by molar-refractivity contribution is -0.0328. The van der Waals surface area contributed by atoms with Gasteiger partial charge in [0.05, 0.1) is 0 Å². The molecule has 1 aromatic carbocycles. The summed E-state index contributed by atoms with van der Waals surface area (Å²) in [7, 11) is 0. The molecule has 0 heterocycles. The third kappa shape index (κ3) is 3.60. The molecule has 0 aliphatic carbocycles. The van der Waals surface area contributed by atoms with Crippen LogP contribution in [0.4, 0.5) is 13.2 Å². The number of hydrogen-bond donors (Lipinski definition) is 0. The Morgan fingerprint density at radius 2 is 1.92 bits per heavy atom. The minimum Gasteiger partial charge on any atom is -0.160 e. The first-order valence-corrected chi connectivity index (χ1v) is 5.01. The summed E-state index contributed by atoms with van der Waals surface area (Å²) < 4.78 is 36.4. The molecule has 0 aromatic heterocycles. The molecule has 0 fully saturated rings.